The van der Waals surface area contributed by atoms with Crippen LogP contribution in [0.1, 0.15) is 16.7 Å². The normalized spacial score (nSPS) is 11.0. The third kappa shape index (κ3) is 3.31. The zero-order valence-electron chi connectivity index (χ0n) is 10.9. The number of alkyl halides is 3. The van der Waals surface area contributed by atoms with Crippen molar-refractivity contribution in [2.45, 2.75) is 13.1 Å². The number of aryl methyl sites for hydroxylation is 1. The van der Waals surface area contributed by atoms with Gasteiger partial charge in [0.05, 0.1) is 22.5 Å². The molecule has 2 rings (SSSR count). The van der Waals surface area contributed by atoms with Gasteiger partial charge in [0, 0.05) is 0 Å². The molecule has 108 valence electrons. The van der Waals surface area contributed by atoms with E-state index in [1.54, 1.807) is 19.1 Å². The molecule has 2 aromatic carbocycles. The highest BCUT2D eigenvalue weighted by Gasteiger charge is 2.31. The number of rotatable bonds is 2. The lowest BCUT2D eigenvalue weighted by molar-refractivity contribution is -0.137. The van der Waals surface area contributed by atoms with Gasteiger partial charge in [-0.3, -0.25) is 0 Å². The molecule has 0 saturated carbocycles. The molecule has 0 amide bonds. The summed E-state index contributed by atoms with van der Waals surface area (Å²) < 4.78 is 51.5. The van der Waals surface area contributed by atoms with E-state index >= 15 is 0 Å². The third-order valence-electron chi connectivity index (χ3n) is 2.86. The van der Waals surface area contributed by atoms with Crippen LogP contribution in [0.5, 0.6) is 0 Å². The molecule has 21 heavy (non-hydrogen) atoms. The Bertz CT molecular complexity index is 715. The van der Waals surface area contributed by atoms with Crippen molar-refractivity contribution in [3.05, 3.63) is 58.9 Å². The van der Waals surface area contributed by atoms with Crippen LogP contribution in [0.4, 0.5) is 28.9 Å². The first-order valence-corrected chi connectivity index (χ1v) is 5.96. The van der Waals surface area contributed by atoms with Crippen LogP contribution in [-0.2, 0) is 6.18 Å². The lowest BCUT2D eigenvalue weighted by Crippen LogP contribution is -2.06. The second kappa shape index (κ2) is 5.44. The maximum atomic E-state index is 13.7. The Hall–Kier alpha value is -2.55. The minimum absolute atomic E-state index is 0.0943. The van der Waals surface area contributed by atoms with Crippen LogP contribution in [0.3, 0.4) is 0 Å². The molecule has 0 spiro atoms. The molecule has 0 aliphatic rings. The Balaban J connectivity index is 2.39. The van der Waals surface area contributed by atoms with E-state index in [1.165, 1.54) is 12.1 Å². The molecule has 0 aliphatic heterocycles. The van der Waals surface area contributed by atoms with Crippen LogP contribution in [0, 0.1) is 24.1 Å². The van der Waals surface area contributed by atoms with Crippen molar-refractivity contribution in [1.82, 2.24) is 0 Å². The van der Waals surface area contributed by atoms with Crippen molar-refractivity contribution in [3.63, 3.8) is 0 Å². The van der Waals surface area contributed by atoms with Crippen LogP contribution in [0.2, 0.25) is 0 Å². The Labute approximate surface area is 118 Å². The highest BCUT2D eigenvalue weighted by Crippen LogP contribution is 2.32. The largest absolute Gasteiger partial charge is 0.416 e. The zero-order valence-corrected chi connectivity index (χ0v) is 10.9. The fourth-order valence-electron chi connectivity index (χ4n) is 1.79. The monoisotopic (exact) mass is 294 g/mol. The van der Waals surface area contributed by atoms with Gasteiger partial charge < -0.3 is 5.32 Å². The van der Waals surface area contributed by atoms with Crippen LogP contribution < -0.4 is 5.32 Å². The number of hydrogen-bond donors (Lipinski definition) is 1. The molecule has 0 aromatic heterocycles. The zero-order chi connectivity index (χ0) is 15.6. The maximum Gasteiger partial charge on any atom is 0.416 e. The predicted octanol–water partition coefficient (Wildman–Crippen LogP) is 4.77. The molecule has 0 unspecified atom stereocenters. The van der Waals surface area contributed by atoms with E-state index < -0.39 is 17.6 Å². The lowest BCUT2D eigenvalue weighted by Gasteiger charge is -2.12. The van der Waals surface area contributed by atoms with Gasteiger partial charge in [-0.25, -0.2) is 4.39 Å². The molecule has 0 saturated heterocycles. The van der Waals surface area contributed by atoms with Crippen molar-refractivity contribution >= 4 is 11.4 Å². The number of halogens is 4. The summed E-state index contributed by atoms with van der Waals surface area (Å²) in [5, 5.41) is 11.6. The summed E-state index contributed by atoms with van der Waals surface area (Å²) in [6.45, 7) is 1.71. The molecule has 0 bridgehead atoms. The van der Waals surface area contributed by atoms with Crippen LogP contribution in [0.25, 0.3) is 0 Å². The van der Waals surface area contributed by atoms with E-state index in [1.807, 2.05) is 0 Å². The molecule has 0 atom stereocenters. The maximum absolute atomic E-state index is 13.7. The van der Waals surface area contributed by atoms with Crippen LogP contribution >= 0.6 is 0 Å². The van der Waals surface area contributed by atoms with Gasteiger partial charge >= 0.3 is 6.18 Å². The standard InChI is InChI=1S/C15H10F4N2/c1-9-2-4-14(12(16)6-9)21-13-5-3-11(15(17,18)19)7-10(13)8-20/h2-7,21H,1H3. The van der Waals surface area contributed by atoms with Gasteiger partial charge in [-0.1, -0.05) is 6.07 Å². The van der Waals surface area contributed by atoms with E-state index in [4.69, 9.17) is 5.26 Å². The summed E-state index contributed by atoms with van der Waals surface area (Å²) >= 11 is 0. The summed E-state index contributed by atoms with van der Waals surface area (Å²) in [7, 11) is 0. The molecule has 6 heteroatoms. The number of hydrogen-bond acceptors (Lipinski definition) is 2. The second-order valence-electron chi connectivity index (χ2n) is 4.48. The SMILES string of the molecule is Cc1ccc(Nc2ccc(C(F)(F)F)cc2C#N)c(F)c1. The fraction of sp³-hybridized carbons (Fsp3) is 0.133. The molecule has 2 aromatic rings. The Kier molecular flexibility index (Phi) is 3.85. The van der Waals surface area contributed by atoms with Gasteiger partial charge in [0.15, 0.2) is 0 Å². The molecule has 1 N–H and O–H groups in total. The number of nitrogens with one attached hydrogen (secondary N) is 1. The van der Waals surface area contributed by atoms with E-state index in [2.05, 4.69) is 5.32 Å². The van der Waals surface area contributed by atoms with Gasteiger partial charge in [0.25, 0.3) is 0 Å². The van der Waals surface area contributed by atoms with E-state index in [0.717, 1.165) is 18.2 Å². The first kappa shape index (κ1) is 14.9. The second-order valence-corrected chi connectivity index (χ2v) is 4.48. The molecule has 0 fully saturated rings. The highest BCUT2D eigenvalue weighted by atomic mass is 19.4. The van der Waals surface area contributed by atoms with Gasteiger partial charge in [0.2, 0.25) is 0 Å². The van der Waals surface area contributed by atoms with Gasteiger partial charge in [-0.05, 0) is 42.8 Å². The quantitative estimate of drug-likeness (QED) is 0.810. The summed E-state index contributed by atoms with van der Waals surface area (Å²) in [5.74, 6) is -0.543. The topological polar surface area (TPSA) is 35.8 Å². The average Bonchev–Trinajstić information content (AvgIpc) is 2.41. The molecule has 0 heterocycles. The highest BCUT2D eigenvalue weighted by molar-refractivity contribution is 5.67. The Morgan fingerprint density at radius 1 is 1.05 bits per heavy atom. The number of nitrogens with zero attached hydrogens (tertiary/aromatic N) is 1. The minimum Gasteiger partial charge on any atom is -0.352 e. The summed E-state index contributed by atoms with van der Waals surface area (Å²) in [4.78, 5) is 0. The van der Waals surface area contributed by atoms with Gasteiger partial charge in [-0.2, -0.15) is 18.4 Å². The first-order valence-electron chi connectivity index (χ1n) is 5.96. The number of anilines is 2. The van der Waals surface area contributed by atoms with Crippen molar-refractivity contribution in [2.24, 2.45) is 0 Å². The smallest absolute Gasteiger partial charge is 0.352 e. The van der Waals surface area contributed by atoms with Crippen molar-refractivity contribution in [3.8, 4) is 6.07 Å². The molecular formula is C15H10F4N2. The lowest BCUT2D eigenvalue weighted by atomic mass is 10.1. The molecular weight excluding hydrogens is 284 g/mol. The molecule has 0 radical (unpaired) electrons. The first-order chi connectivity index (χ1) is 9.81. The number of nitriles is 1. The summed E-state index contributed by atoms with van der Waals surface area (Å²) in [5.41, 5.74) is -0.199. The predicted molar refractivity (Wildman–Crippen MR) is 70.6 cm³/mol. The third-order valence-corrected chi connectivity index (χ3v) is 2.86. The minimum atomic E-state index is -4.53. The van der Waals surface area contributed by atoms with E-state index in [9.17, 15) is 17.6 Å². The van der Waals surface area contributed by atoms with Crippen molar-refractivity contribution < 1.29 is 17.6 Å². The average molecular weight is 294 g/mol. The van der Waals surface area contributed by atoms with E-state index in [-0.39, 0.29) is 16.9 Å². The van der Waals surface area contributed by atoms with Crippen LogP contribution in [0.15, 0.2) is 36.4 Å². The summed E-state index contributed by atoms with van der Waals surface area (Å²) in [6, 6.07) is 8.77. The fourth-order valence-corrected chi connectivity index (χ4v) is 1.79. The number of benzene rings is 2. The van der Waals surface area contributed by atoms with Crippen molar-refractivity contribution in [2.75, 3.05) is 5.32 Å². The van der Waals surface area contributed by atoms with E-state index in [0.29, 0.717) is 5.56 Å². The van der Waals surface area contributed by atoms with Gasteiger partial charge in [0.1, 0.15) is 11.9 Å². The molecule has 2 nitrogen and oxygen atoms in total. The van der Waals surface area contributed by atoms with Crippen molar-refractivity contribution in [1.29, 1.82) is 5.26 Å². The van der Waals surface area contributed by atoms with Gasteiger partial charge in [-0.15, -0.1) is 0 Å². The summed E-state index contributed by atoms with van der Waals surface area (Å²) in [6.07, 6.45) is -4.53. The Morgan fingerprint density at radius 2 is 1.71 bits per heavy atom. The van der Waals surface area contributed by atoms with Crippen LogP contribution in [-0.4, -0.2) is 0 Å². The molecule has 0 aliphatic carbocycles. The Morgan fingerprint density at radius 3 is 2.29 bits per heavy atom.